The summed E-state index contributed by atoms with van der Waals surface area (Å²) in [5, 5.41) is 11.4. The molecule has 0 saturated carbocycles. The molecule has 1 aliphatic rings. The molecule has 0 saturated heterocycles. The summed E-state index contributed by atoms with van der Waals surface area (Å²) in [7, 11) is 0. The fourth-order valence-corrected chi connectivity index (χ4v) is 3.95. The molecule has 1 aliphatic heterocycles. The molecule has 4 rings (SSSR count). The van der Waals surface area contributed by atoms with Gasteiger partial charge in [0, 0.05) is 15.6 Å². The number of carbonyl (C=O) groups excluding carboxylic acids is 2. The number of carbonyl (C=O) groups is 2. The molecule has 0 spiro atoms. The zero-order chi connectivity index (χ0) is 20.6. The Hall–Kier alpha value is -2.76. The van der Waals surface area contributed by atoms with Crippen molar-refractivity contribution in [2.24, 2.45) is 0 Å². The van der Waals surface area contributed by atoms with Gasteiger partial charge in [0.15, 0.2) is 11.4 Å². The van der Waals surface area contributed by atoms with Crippen molar-refractivity contribution >= 4 is 33.3 Å². The number of aliphatic hydroxyl groups is 1. The number of fused-ring (bicyclic) bond motifs is 1. The molecular formula is C24H20BrNO3. The van der Waals surface area contributed by atoms with E-state index in [1.54, 1.807) is 41.3 Å². The van der Waals surface area contributed by atoms with Crippen molar-refractivity contribution in [3.05, 3.63) is 99.5 Å². The minimum atomic E-state index is -1.87. The van der Waals surface area contributed by atoms with Crippen LogP contribution in [0.4, 0.5) is 5.69 Å². The van der Waals surface area contributed by atoms with Crippen molar-refractivity contribution < 1.29 is 14.7 Å². The number of benzene rings is 3. The van der Waals surface area contributed by atoms with Gasteiger partial charge in [0.2, 0.25) is 0 Å². The number of nitrogens with zero attached hydrogens (tertiary/aromatic N) is 1. The summed E-state index contributed by atoms with van der Waals surface area (Å²) < 4.78 is 0.860. The van der Waals surface area contributed by atoms with E-state index in [4.69, 9.17) is 0 Å². The molecule has 1 amide bonds. The second-order valence-electron chi connectivity index (χ2n) is 7.36. The van der Waals surface area contributed by atoms with Crippen molar-refractivity contribution in [2.45, 2.75) is 25.5 Å². The Balaban J connectivity index is 1.66. The third kappa shape index (κ3) is 3.63. The van der Waals surface area contributed by atoms with E-state index >= 15 is 0 Å². The lowest BCUT2D eigenvalue weighted by Crippen LogP contribution is -2.41. The highest BCUT2D eigenvalue weighted by atomic mass is 79.9. The molecule has 146 valence electrons. The first-order valence-electron chi connectivity index (χ1n) is 9.37. The van der Waals surface area contributed by atoms with Gasteiger partial charge in [-0.1, -0.05) is 76.1 Å². The number of halogens is 1. The number of rotatable bonds is 5. The number of hydrogen-bond donors (Lipinski definition) is 1. The molecule has 1 atom stereocenters. The maximum atomic E-state index is 13.3. The zero-order valence-corrected chi connectivity index (χ0v) is 17.5. The van der Waals surface area contributed by atoms with Crippen LogP contribution in [0.1, 0.15) is 33.5 Å². The normalized spacial score (nSPS) is 18.0. The van der Waals surface area contributed by atoms with E-state index in [0.717, 1.165) is 15.6 Å². The third-order valence-electron chi connectivity index (χ3n) is 5.28. The van der Waals surface area contributed by atoms with Gasteiger partial charge in [0.05, 0.1) is 18.7 Å². The SMILES string of the molecule is Cc1ccc(CN2C(=O)C(O)(CC(=O)c3ccc(Br)cc3)c3ccccc32)cc1. The summed E-state index contributed by atoms with van der Waals surface area (Å²) in [5.74, 6) is -0.745. The van der Waals surface area contributed by atoms with E-state index in [9.17, 15) is 14.7 Å². The van der Waals surface area contributed by atoms with Crippen molar-refractivity contribution in [1.82, 2.24) is 0 Å². The second kappa shape index (κ2) is 7.58. The fraction of sp³-hybridized carbons (Fsp3) is 0.167. The molecular weight excluding hydrogens is 430 g/mol. The van der Waals surface area contributed by atoms with Gasteiger partial charge in [-0.3, -0.25) is 9.59 Å². The van der Waals surface area contributed by atoms with E-state index < -0.39 is 11.5 Å². The monoisotopic (exact) mass is 449 g/mol. The lowest BCUT2D eigenvalue weighted by molar-refractivity contribution is -0.136. The molecule has 3 aromatic carbocycles. The van der Waals surface area contributed by atoms with E-state index in [-0.39, 0.29) is 12.2 Å². The number of hydrogen-bond acceptors (Lipinski definition) is 3. The lowest BCUT2D eigenvalue weighted by Gasteiger charge is -2.23. The van der Waals surface area contributed by atoms with Gasteiger partial charge < -0.3 is 10.0 Å². The zero-order valence-electron chi connectivity index (χ0n) is 15.9. The van der Waals surface area contributed by atoms with E-state index in [2.05, 4.69) is 15.9 Å². The lowest BCUT2D eigenvalue weighted by atomic mass is 9.88. The number of aryl methyl sites for hydroxylation is 1. The van der Waals surface area contributed by atoms with Gasteiger partial charge in [0.1, 0.15) is 0 Å². The topological polar surface area (TPSA) is 57.6 Å². The van der Waals surface area contributed by atoms with Crippen molar-refractivity contribution in [3.8, 4) is 0 Å². The largest absolute Gasteiger partial charge is 0.375 e. The van der Waals surface area contributed by atoms with Gasteiger partial charge in [-0.25, -0.2) is 0 Å². The molecule has 3 aromatic rings. The molecule has 1 heterocycles. The van der Waals surface area contributed by atoms with Crippen LogP contribution in [-0.2, 0) is 16.9 Å². The number of para-hydroxylation sites is 1. The Labute approximate surface area is 177 Å². The summed E-state index contributed by atoms with van der Waals surface area (Å²) in [6.07, 6.45) is -0.297. The highest BCUT2D eigenvalue weighted by Gasteiger charge is 2.50. The molecule has 0 aromatic heterocycles. The van der Waals surface area contributed by atoms with Gasteiger partial charge in [-0.05, 0) is 30.7 Å². The van der Waals surface area contributed by atoms with Crippen LogP contribution in [-0.4, -0.2) is 16.8 Å². The Morgan fingerprint density at radius 3 is 2.34 bits per heavy atom. The maximum Gasteiger partial charge on any atom is 0.264 e. The van der Waals surface area contributed by atoms with Crippen LogP contribution in [0.25, 0.3) is 0 Å². The van der Waals surface area contributed by atoms with Crippen molar-refractivity contribution in [2.75, 3.05) is 4.90 Å². The van der Waals surface area contributed by atoms with Gasteiger partial charge >= 0.3 is 0 Å². The number of ketones is 1. The summed E-state index contributed by atoms with van der Waals surface area (Å²) in [6.45, 7) is 2.34. The standard InChI is InChI=1S/C24H20BrNO3/c1-16-6-8-17(9-7-16)15-26-21-5-3-2-4-20(21)24(29,23(26)28)14-22(27)18-10-12-19(25)13-11-18/h2-13,29H,14-15H2,1H3. The maximum absolute atomic E-state index is 13.3. The summed E-state index contributed by atoms with van der Waals surface area (Å²) >= 11 is 3.35. The number of Topliss-reactive ketones (excluding diaryl/α,β-unsaturated/α-hetero) is 1. The highest BCUT2D eigenvalue weighted by Crippen LogP contribution is 2.43. The molecule has 1 N–H and O–H groups in total. The first-order valence-corrected chi connectivity index (χ1v) is 10.2. The van der Waals surface area contributed by atoms with Crippen LogP contribution in [0.3, 0.4) is 0 Å². The van der Waals surface area contributed by atoms with Crippen LogP contribution in [0.2, 0.25) is 0 Å². The van der Waals surface area contributed by atoms with E-state index in [0.29, 0.717) is 23.4 Å². The average Bonchev–Trinajstić information content (AvgIpc) is 2.92. The Morgan fingerprint density at radius 1 is 1.00 bits per heavy atom. The molecule has 5 heteroatoms. The fourth-order valence-electron chi connectivity index (χ4n) is 3.68. The van der Waals surface area contributed by atoms with Crippen molar-refractivity contribution in [1.29, 1.82) is 0 Å². The first kappa shape index (κ1) is 19.6. The van der Waals surface area contributed by atoms with Gasteiger partial charge in [-0.15, -0.1) is 0 Å². The molecule has 0 radical (unpaired) electrons. The molecule has 0 fully saturated rings. The van der Waals surface area contributed by atoms with Crippen LogP contribution < -0.4 is 4.90 Å². The summed E-state index contributed by atoms with van der Waals surface area (Å²) in [5.41, 5.74) is 1.81. The van der Waals surface area contributed by atoms with E-state index in [1.165, 1.54) is 0 Å². The smallest absolute Gasteiger partial charge is 0.264 e. The molecule has 4 nitrogen and oxygen atoms in total. The highest BCUT2D eigenvalue weighted by molar-refractivity contribution is 9.10. The van der Waals surface area contributed by atoms with Crippen molar-refractivity contribution in [3.63, 3.8) is 0 Å². The molecule has 29 heavy (non-hydrogen) atoms. The summed E-state index contributed by atoms with van der Waals surface area (Å²) in [4.78, 5) is 27.7. The third-order valence-corrected chi connectivity index (χ3v) is 5.81. The molecule has 0 bridgehead atoms. The number of amides is 1. The first-order chi connectivity index (χ1) is 13.9. The van der Waals surface area contributed by atoms with Crippen LogP contribution in [0, 0.1) is 6.92 Å². The molecule has 0 aliphatic carbocycles. The molecule has 1 unspecified atom stereocenters. The predicted octanol–water partition coefficient (Wildman–Crippen LogP) is 4.76. The van der Waals surface area contributed by atoms with E-state index in [1.807, 2.05) is 43.3 Å². The van der Waals surface area contributed by atoms with Crippen LogP contribution >= 0.6 is 15.9 Å². The Bertz CT molecular complexity index is 1080. The van der Waals surface area contributed by atoms with Gasteiger partial charge in [-0.2, -0.15) is 0 Å². The van der Waals surface area contributed by atoms with Crippen LogP contribution in [0.15, 0.2) is 77.3 Å². The quantitative estimate of drug-likeness (QED) is 0.570. The minimum Gasteiger partial charge on any atom is -0.375 e. The minimum absolute atomic E-state index is 0.277. The number of anilines is 1. The Morgan fingerprint density at radius 2 is 1.66 bits per heavy atom. The second-order valence-corrected chi connectivity index (χ2v) is 8.28. The predicted molar refractivity (Wildman–Crippen MR) is 116 cm³/mol. The Kier molecular flexibility index (Phi) is 5.11. The average molecular weight is 450 g/mol. The summed E-state index contributed by atoms with van der Waals surface area (Å²) in [6, 6.07) is 22.0. The van der Waals surface area contributed by atoms with Crippen LogP contribution in [0.5, 0.6) is 0 Å². The van der Waals surface area contributed by atoms with Gasteiger partial charge in [0.25, 0.3) is 5.91 Å².